The summed E-state index contributed by atoms with van der Waals surface area (Å²) in [6, 6.07) is 4.26. The monoisotopic (exact) mass is 321 g/mol. The average Bonchev–Trinajstić information content (AvgIpc) is 2.62. The summed E-state index contributed by atoms with van der Waals surface area (Å²) in [5.41, 5.74) is 6.64. The molecule has 0 spiro atoms. The molecular formula is C11H13BrFNO2S. The van der Waals surface area contributed by atoms with Crippen LogP contribution >= 0.6 is 15.9 Å². The quantitative estimate of drug-likeness (QED) is 0.906. The first-order chi connectivity index (χ1) is 7.89. The van der Waals surface area contributed by atoms with Crippen molar-refractivity contribution < 1.29 is 12.8 Å². The van der Waals surface area contributed by atoms with Crippen LogP contribution in [0.25, 0.3) is 0 Å². The topological polar surface area (TPSA) is 60.2 Å². The second kappa shape index (κ2) is 4.66. The number of benzene rings is 1. The van der Waals surface area contributed by atoms with Crippen LogP contribution in [0.1, 0.15) is 18.0 Å². The van der Waals surface area contributed by atoms with Crippen molar-refractivity contribution in [3.8, 4) is 0 Å². The van der Waals surface area contributed by atoms with Crippen LogP contribution in [0.5, 0.6) is 0 Å². The molecule has 1 aliphatic rings. The van der Waals surface area contributed by atoms with E-state index in [0.29, 0.717) is 16.5 Å². The van der Waals surface area contributed by atoms with E-state index in [1.54, 1.807) is 12.1 Å². The minimum Gasteiger partial charge on any atom is -0.324 e. The molecule has 0 amide bonds. The molecule has 3 nitrogen and oxygen atoms in total. The Morgan fingerprint density at radius 2 is 2.18 bits per heavy atom. The van der Waals surface area contributed by atoms with Crippen molar-refractivity contribution >= 4 is 25.8 Å². The van der Waals surface area contributed by atoms with Gasteiger partial charge < -0.3 is 5.73 Å². The van der Waals surface area contributed by atoms with Gasteiger partial charge >= 0.3 is 0 Å². The Morgan fingerprint density at radius 1 is 1.47 bits per heavy atom. The maximum atomic E-state index is 13.4. The van der Waals surface area contributed by atoms with Crippen molar-refractivity contribution in [1.82, 2.24) is 0 Å². The van der Waals surface area contributed by atoms with Crippen molar-refractivity contribution in [1.29, 1.82) is 0 Å². The lowest BCUT2D eigenvalue weighted by Crippen LogP contribution is -2.22. The molecule has 0 aromatic heterocycles. The van der Waals surface area contributed by atoms with E-state index in [2.05, 4.69) is 15.9 Å². The van der Waals surface area contributed by atoms with Crippen LogP contribution in [0.4, 0.5) is 4.39 Å². The summed E-state index contributed by atoms with van der Waals surface area (Å²) in [5, 5.41) is 0. The highest BCUT2D eigenvalue weighted by molar-refractivity contribution is 9.10. The highest BCUT2D eigenvalue weighted by Crippen LogP contribution is 2.30. The summed E-state index contributed by atoms with van der Waals surface area (Å²) >= 11 is 3.07. The molecule has 1 saturated heterocycles. The zero-order valence-corrected chi connectivity index (χ0v) is 11.5. The van der Waals surface area contributed by atoms with Gasteiger partial charge in [0.05, 0.1) is 16.0 Å². The third-order valence-corrected chi connectivity index (χ3v) is 5.54. The lowest BCUT2D eigenvalue weighted by atomic mass is 9.93. The molecule has 2 N–H and O–H groups in total. The predicted molar refractivity (Wildman–Crippen MR) is 67.8 cm³/mol. The third kappa shape index (κ3) is 2.86. The van der Waals surface area contributed by atoms with Crippen LogP contribution in [-0.2, 0) is 9.84 Å². The van der Waals surface area contributed by atoms with Gasteiger partial charge in [0.15, 0.2) is 9.84 Å². The number of halogens is 2. The summed E-state index contributed by atoms with van der Waals surface area (Å²) in [6.07, 6.45) is 0.557. The second-order valence-corrected chi connectivity index (χ2v) is 7.45. The van der Waals surface area contributed by atoms with Crippen LogP contribution in [0.3, 0.4) is 0 Å². The average molecular weight is 322 g/mol. The lowest BCUT2D eigenvalue weighted by Gasteiger charge is -2.18. The van der Waals surface area contributed by atoms with Gasteiger partial charge in [-0.05, 0) is 46.0 Å². The number of nitrogens with two attached hydrogens (primary N) is 1. The highest BCUT2D eigenvalue weighted by atomic mass is 79.9. The zero-order valence-electron chi connectivity index (χ0n) is 9.07. The van der Waals surface area contributed by atoms with Gasteiger partial charge in [-0.1, -0.05) is 6.07 Å². The molecule has 0 saturated carbocycles. The molecule has 2 atom stereocenters. The van der Waals surface area contributed by atoms with E-state index in [0.717, 1.165) is 0 Å². The Bertz CT molecular complexity index is 532. The summed E-state index contributed by atoms with van der Waals surface area (Å²) in [7, 11) is -2.95. The molecule has 2 rings (SSSR count). The van der Waals surface area contributed by atoms with Crippen molar-refractivity contribution in [2.75, 3.05) is 11.5 Å². The Morgan fingerprint density at radius 3 is 2.71 bits per heavy atom. The number of hydrogen-bond acceptors (Lipinski definition) is 3. The molecule has 1 aromatic carbocycles. The smallest absolute Gasteiger partial charge is 0.150 e. The van der Waals surface area contributed by atoms with E-state index in [4.69, 9.17) is 5.73 Å². The summed E-state index contributed by atoms with van der Waals surface area (Å²) in [5.74, 6) is -0.199. The van der Waals surface area contributed by atoms with E-state index in [1.165, 1.54) is 6.07 Å². The van der Waals surface area contributed by atoms with Crippen LogP contribution in [0.15, 0.2) is 22.7 Å². The Kier molecular flexibility index (Phi) is 3.56. The van der Waals surface area contributed by atoms with Crippen molar-refractivity contribution in [2.45, 2.75) is 12.5 Å². The Balaban J connectivity index is 2.20. The number of rotatable bonds is 2. The van der Waals surface area contributed by atoms with E-state index in [9.17, 15) is 12.8 Å². The minimum absolute atomic E-state index is 0.103. The van der Waals surface area contributed by atoms with Gasteiger partial charge in [-0.3, -0.25) is 0 Å². The molecule has 1 aromatic rings. The van der Waals surface area contributed by atoms with Crippen molar-refractivity contribution in [3.63, 3.8) is 0 Å². The molecule has 1 heterocycles. The van der Waals surface area contributed by atoms with Gasteiger partial charge in [0, 0.05) is 6.04 Å². The highest BCUT2D eigenvalue weighted by Gasteiger charge is 2.32. The van der Waals surface area contributed by atoms with Gasteiger partial charge in [0.1, 0.15) is 5.82 Å². The normalized spacial score (nSPS) is 24.8. The fourth-order valence-electron chi connectivity index (χ4n) is 2.10. The van der Waals surface area contributed by atoms with Crippen LogP contribution < -0.4 is 5.73 Å². The zero-order chi connectivity index (χ0) is 12.6. The predicted octanol–water partition coefficient (Wildman–Crippen LogP) is 2.02. The molecule has 94 valence electrons. The van der Waals surface area contributed by atoms with E-state index in [1.807, 2.05) is 0 Å². The Labute approximate surface area is 108 Å². The fourth-order valence-corrected chi connectivity index (χ4v) is 4.20. The first kappa shape index (κ1) is 13.0. The van der Waals surface area contributed by atoms with Gasteiger partial charge in [-0.15, -0.1) is 0 Å². The van der Waals surface area contributed by atoms with Crippen molar-refractivity contribution in [2.24, 2.45) is 11.7 Å². The summed E-state index contributed by atoms with van der Waals surface area (Å²) in [4.78, 5) is 0. The molecule has 0 aliphatic carbocycles. The number of hydrogen-bond donors (Lipinski definition) is 1. The van der Waals surface area contributed by atoms with Crippen LogP contribution in [0, 0.1) is 11.7 Å². The molecule has 1 aliphatic heterocycles. The standard InChI is InChI=1S/C11H13BrFNO2S/c12-9-2-1-7(5-10(9)13)11(14)8-3-4-17(15,16)6-8/h1-2,5,8,11H,3-4,6,14H2. The summed E-state index contributed by atoms with van der Waals surface area (Å²) < 4.78 is 36.5. The van der Waals surface area contributed by atoms with Crippen molar-refractivity contribution in [3.05, 3.63) is 34.1 Å². The van der Waals surface area contributed by atoms with Gasteiger partial charge in [0.25, 0.3) is 0 Å². The molecule has 0 radical (unpaired) electrons. The maximum Gasteiger partial charge on any atom is 0.150 e. The minimum atomic E-state index is -2.95. The Hall–Kier alpha value is -0.460. The fraction of sp³-hybridized carbons (Fsp3) is 0.455. The molecule has 6 heteroatoms. The third-order valence-electron chi connectivity index (χ3n) is 3.10. The van der Waals surface area contributed by atoms with E-state index in [-0.39, 0.29) is 23.2 Å². The lowest BCUT2D eigenvalue weighted by molar-refractivity contribution is 0.477. The molecule has 2 unspecified atom stereocenters. The first-order valence-corrected chi connectivity index (χ1v) is 7.91. The maximum absolute atomic E-state index is 13.4. The molecule has 1 fully saturated rings. The first-order valence-electron chi connectivity index (χ1n) is 5.30. The SMILES string of the molecule is NC(c1ccc(Br)c(F)c1)C1CCS(=O)(=O)C1. The van der Waals surface area contributed by atoms with Gasteiger partial charge in [-0.2, -0.15) is 0 Å². The second-order valence-electron chi connectivity index (χ2n) is 4.36. The number of sulfone groups is 1. The molecule has 0 bridgehead atoms. The van der Waals surface area contributed by atoms with Crippen LogP contribution in [0.2, 0.25) is 0 Å². The molecule has 17 heavy (non-hydrogen) atoms. The van der Waals surface area contributed by atoms with Crippen LogP contribution in [-0.4, -0.2) is 19.9 Å². The molecular weight excluding hydrogens is 309 g/mol. The summed E-state index contributed by atoms with van der Waals surface area (Å²) in [6.45, 7) is 0. The van der Waals surface area contributed by atoms with E-state index < -0.39 is 15.9 Å². The van der Waals surface area contributed by atoms with Gasteiger partial charge in [-0.25, -0.2) is 12.8 Å². The van der Waals surface area contributed by atoms with E-state index >= 15 is 0 Å². The largest absolute Gasteiger partial charge is 0.324 e. The van der Waals surface area contributed by atoms with Gasteiger partial charge in [0.2, 0.25) is 0 Å².